The maximum atomic E-state index is 2.35. The highest BCUT2D eigenvalue weighted by Crippen LogP contribution is 2.20. The van der Waals surface area contributed by atoms with Gasteiger partial charge < -0.3 is 4.39 Å². The van der Waals surface area contributed by atoms with Crippen molar-refractivity contribution >= 4 is 7.41 Å². The number of rotatable bonds is 3. The molecule has 0 heterocycles. The molecule has 0 aliphatic rings. The minimum absolute atomic E-state index is 0.478. The Morgan fingerprint density at radius 3 is 1.82 bits per heavy atom. The lowest BCUT2D eigenvalue weighted by Gasteiger charge is -2.39. The first kappa shape index (κ1) is 11.0. The summed E-state index contributed by atoms with van der Waals surface area (Å²) in [6.07, 6.45) is 2.50. The first-order valence-corrected chi connectivity index (χ1v) is 4.36. The van der Waals surface area contributed by atoms with Gasteiger partial charge in [0.05, 0.1) is 0 Å². The molecule has 0 aromatic carbocycles. The van der Waals surface area contributed by atoms with E-state index in [1.165, 1.54) is 12.7 Å². The molecular weight excluding hydrogens is 133 g/mol. The summed E-state index contributed by atoms with van der Waals surface area (Å²) in [5.74, 6) is 0. The van der Waals surface area contributed by atoms with Gasteiger partial charge in [0.25, 0.3) is 0 Å². The maximum absolute atomic E-state index is 2.35. The fourth-order valence-electron chi connectivity index (χ4n) is 0.885. The Morgan fingerprint density at radius 2 is 1.55 bits per heavy atom. The molecule has 0 bridgehead atoms. The lowest BCUT2D eigenvalue weighted by Crippen LogP contribution is -2.38. The Morgan fingerprint density at radius 1 is 1.09 bits per heavy atom. The molecule has 66 valence electrons. The van der Waals surface area contributed by atoms with Crippen LogP contribution in [0.3, 0.4) is 0 Å². The predicted molar refractivity (Wildman–Crippen MR) is 52.7 cm³/mol. The van der Waals surface area contributed by atoms with Gasteiger partial charge in [-0.2, -0.15) is 6.32 Å². The van der Waals surface area contributed by atoms with Crippen LogP contribution in [0.15, 0.2) is 0 Å². The molecule has 11 heavy (non-hydrogen) atoms. The van der Waals surface area contributed by atoms with Crippen molar-refractivity contribution in [3.63, 3.8) is 0 Å². The van der Waals surface area contributed by atoms with Crippen molar-refractivity contribution in [1.82, 2.24) is 0 Å². The Kier molecular flexibility index (Phi) is 3.63. The number of nitrogens with zero attached hydrogens (tertiary/aromatic N) is 1. The second-order valence-electron chi connectivity index (χ2n) is 5.40. The van der Waals surface area contributed by atoms with E-state index in [0.717, 1.165) is 4.39 Å². The highest BCUT2D eigenvalue weighted by Gasteiger charge is 2.07. The van der Waals surface area contributed by atoms with E-state index < -0.39 is 0 Å². The average Bonchev–Trinajstić information content (AvgIpc) is 1.55. The molecule has 2 heteroatoms. The lowest BCUT2D eigenvalue weighted by atomic mass is 9.76. The zero-order valence-electron chi connectivity index (χ0n) is 8.94. The summed E-state index contributed by atoms with van der Waals surface area (Å²) >= 11 is 0. The smallest absolute Gasteiger partial charge is 0.0227 e. The molecule has 0 atom stereocenters. The summed E-state index contributed by atoms with van der Waals surface area (Å²) < 4.78 is 0.968. The van der Waals surface area contributed by atoms with Crippen LogP contribution < -0.4 is 0 Å². The van der Waals surface area contributed by atoms with Crippen LogP contribution in [0.1, 0.15) is 27.2 Å². The van der Waals surface area contributed by atoms with E-state index in [1.807, 2.05) is 0 Å². The summed E-state index contributed by atoms with van der Waals surface area (Å²) in [5, 5.41) is 0. The van der Waals surface area contributed by atoms with Gasteiger partial charge in [-0.15, -0.1) is 0 Å². The number of quaternary nitrogens is 1. The zero-order valence-corrected chi connectivity index (χ0v) is 8.94. The van der Waals surface area contributed by atoms with Crippen LogP contribution in [0.25, 0.3) is 0 Å². The normalized spacial score (nSPS) is 13.6. The van der Waals surface area contributed by atoms with Crippen molar-refractivity contribution in [2.45, 2.75) is 33.5 Å². The standard InChI is InChI=1S/C9H22BN/c1-9(2,3)7-8-10-11(4,5)6/h7-8H2,1-6H3. The molecule has 0 aliphatic heterocycles. The summed E-state index contributed by atoms with van der Waals surface area (Å²) in [4.78, 5) is 0. The van der Waals surface area contributed by atoms with E-state index in [1.54, 1.807) is 0 Å². The van der Waals surface area contributed by atoms with E-state index in [-0.39, 0.29) is 0 Å². The quantitative estimate of drug-likeness (QED) is 0.548. The van der Waals surface area contributed by atoms with Crippen LogP contribution in [0.5, 0.6) is 0 Å². The largest absolute Gasteiger partial charge is 0.567 e. The Balaban J connectivity index is 3.44. The molecule has 2 radical (unpaired) electrons. The van der Waals surface area contributed by atoms with Gasteiger partial charge in [0.15, 0.2) is 0 Å². The SMILES string of the molecule is CC(C)(C)CC[B-][N+](C)(C)C. The molecule has 0 fully saturated rings. The van der Waals surface area contributed by atoms with Crippen LogP contribution in [0.2, 0.25) is 6.32 Å². The second kappa shape index (κ2) is 3.62. The monoisotopic (exact) mass is 155 g/mol. The summed E-state index contributed by atoms with van der Waals surface area (Å²) in [6, 6.07) is 0. The van der Waals surface area contributed by atoms with Gasteiger partial charge in [-0.1, -0.05) is 27.2 Å². The van der Waals surface area contributed by atoms with E-state index >= 15 is 0 Å². The van der Waals surface area contributed by atoms with Gasteiger partial charge in [-0.25, -0.2) is 0 Å². The molecule has 1 nitrogen and oxygen atoms in total. The van der Waals surface area contributed by atoms with Gasteiger partial charge in [-0.3, -0.25) is 0 Å². The van der Waals surface area contributed by atoms with E-state index in [9.17, 15) is 0 Å². The summed E-state index contributed by atoms with van der Waals surface area (Å²) in [7, 11) is 8.94. The minimum atomic E-state index is 0.478. The topological polar surface area (TPSA) is 0 Å². The molecule has 0 aromatic heterocycles. The highest BCUT2D eigenvalue weighted by atomic mass is 15.2. The first-order chi connectivity index (χ1) is 4.71. The summed E-state index contributed by atoms with van der Waals surface area (Å²) in [5.41, 5.74) is 0.478. The van der Waals surface area contributed by atoms with Crippen molar-refractivity contribution < 1.29 is 4.39 Å². The number of hydrogen-bond acceptors (Lipinski definition) is 0. The van der Waals surface area contributed by atoms with Gasteiger partial charge in [-0.05, 0) is 12.8 Å². The van der Waals surface area contributed by atoms with Crippen LogP contribution in [-0.4, -0.2) is 33.0 Å². The Hall–Kier alpha value is 0.0249. The van der Waals surface area contributed by atoms with Gasteiger partial charge >= 0.3 is 0 Å². The third-order valence-electron chi connectivity index (χ3n) is 1.57. The van der Waals surface area contributed by atoms with Crippen molar-refractivity contribution in [2.75, 3.05) is 21.1 Å². The molecule has 0 aliphatic carbocycles. The molecular formula is C9H22BN. The van der Waals surface area contributed by atoms with Crippen LogP contribution >= 0.6 is 0 Å². The average molecular weight is 155 g/mol. The Labute approximate surface area is 72.6 Å². The van der Waals surface area contributed by atoms with Crippen LogP contribution in [0, 0.1) is 5.41 Å². The lowest BCUT2D eigenvalue weighted by molar-refractivity contribution is -0.756. The van der Waals surface area contributed by atoms with Gasteiger partial charge in [0.1, 0.15) is 0 Å². The predicted octanol–water partition coefficient (Wildman–Crippen LogP) is 2.17. The van der Waals surface area contributed by atoms with E-state index in [4.69, 9.17) is 0 Å². The summed E-state index contributed by atoms with van der Waals surface area (Å²) in [6.45, 7) is 6.86. The molecule has 0 spiro atoms. The molecule has 0 rings (SSSR count). The molecule has 0 amide bonds. The van der Waals surface area contributed by atoms with Gasteiger partial charge in [0, 0.05) is 21.1 Å². The molecule has 0 aromatic rings. The fraction of sp³-hybridized carbons (Fsp3) is 1.00. The molecule has 0 saturated heterocycles. The fourth-order valence-corrected chi connectivity index (χ4v) is 0.885. The molecule has 0 saturated carbocycles. The van der Waals surface area contributed by atoms with Crippen molar-refractivity contribution in [2.24, 2.45) is 5.41 Å². The van der Waals surface area contributed by atoms with Crippen LogP contribution in [0.4, 0.5) is 0 Å². The zero-order chi connectivity index (χ0) is 9.12. The first-order valence-electron chi connectivity index (χ1n) is 4.36. The van der Waals surface area contributed by atoms with Crippen molar-refractivity contribution in [1.29, 1.82) is 0 Å². The maximum Gasteiger partial charge on any atom is 0.0227 e. The Bertz CT molecular complexity index is 93.7. The van der Waals surface area contributed by atoms with E-state index in [0.29, 0.717) is 5.41 Å². The molecule has 0 N–H and O–H groups in total. The van der Waals surface area contributed by atoms with Gasteiger partial charge in [0.2, 0.25) is 0 Å². The van der Waals surface area contributed by atoms with Crippen molar-refractivity contribution in [3.05, 3.63) is 0 Å². The third-order valence-corrected chi connectivity index (χ3v) is 1.57. The minimum Gasteiger partial charge on any atom is -0.567 e. The highest BCUT2D eigenvalue weighted by molar-refractivity contribution is 6.26. The third kappa shape index (κ3) is 10.0. The van der Waals surface area contributed by atoms with Crippen molar-refractivity contribution in [3.8, 4) is 0 Å². The van der Waals surface area contributed by atoms with Crippen LogP contribution in [-0.2, 0) is 0 Å². The second-order valence-corrected chi connectivity index (χ2v) is 5.40. The molecule has 0 unspecified atom stereocenters. The number of hydrogen-bond donors (Lipinski definition) is 0. The van der Waals surface area contributed by atoms with E-state index in [2.05, 4.69) is 49.3 Å².